The Morgan fingerprint density at radius 3 is 2.52 bits per heavy atom. The van der Waals surface area contributed by atoms with E-state index in [0.717, 1.165) is 44.9 Å². The highest BCUT2D eigenvalue weighted by Gasteiger charge is 2.72. The highest BCUT2D eigenvalue weighted by Crippen LogP contribution is 2.71. The quantitative estimate of drug-likeness (QED) is 0.695. The molecule has 4 nitrogen and oxygen atoms in total. The fourth-order valence-corrected chi connectivity index (χ4v) is 8.13. The van der Waals surface area contributed by atoms with Crippen LogP contribution in [0.1, 0.15) is 77.4 Å². The Kier molecular flexibility index (Phi) is 3.78. The maximum Gasteiger partial charge on any atom is 0.136 e. The zero-order chi connectivity index (χ0) is 19.1. The first-order valence-corrected chi connectivity index (χ1v) is 10.9. The summed E-state index contributed by atoms with van der Waals surface area (Å²) in [6.45, 7) is 4.51. The van der Waals surface area contributed by atoms with Gasteiger partial charge in [-0.2, -0.15) is 0 Å². The van der Waals surface area contributed by atoms with Crippen molar-refractivity contribution in [3.05, 3.63) is 24.2 Å². The summed E-state index contributed by atoms with van der Waals surface area (Å²) in [5.74, 6) is 1.90. The van der Waals surface area contributed by atoms with Gasteiger partial charge in [0.15, 0.2) is 0 Å². The summed E-state index contributed by atoms with van der Waals surface area (Å²) in [7, 11) is 0. The first kappa shape index (κ1) is 18.2. The topological polar surface area (TPSA) is 73.8 Å². The summed E-state index contributed by atoms with van der Waals surface area (Å²) < 4.78 is 5.64. The van der Waals surface area contributed by atoms with Crippen molar-refractivity contribution in [1.29, 1.82) is 0 Å². The zero-order valence-electron chi connectivity index (χ0n) is 16.7. The second kappa shape index (κ2) is 5.61. The standard InChI is InChI=1S/C23H34O4/c1-20-9-7-16(24)14-15(20)5-6-18-17(20)8-10-21(2)22(18,25)11-12-23(21,26)19-4-3-13-27-19/h3-4,13,15-18,24-26H,5-12,14H2,1-2H3/t15?,16?,17-,18-,20+,21+,22-,23?/m1/s1. The van der Waals surface area contributed by atoms with E-state index in [1.165, 1.54) is 0 Å². The molecular weight excluding hydrogens is 340 g/mol. The lowest BCUT2D eigenvalue weighted by molar-refractivity contribution is -0.241. The molecule has 150 valence electrons. The molecule has 4 saturated carbocycles. The lowest BCUT2D eigenvalue weighted by Gasteiger charge is -2.64. The number of fused-ring (bicyclic) bond motifs is 5. The monoisotopic (exact) mass is 374 g/mol. The molecule has 4 heteroatoms. The van der Waals surface area contributed by atoms with Crippen molar-refractivity contribution in [3.8, 4) is 0 Å². The average molecular weight is 375 g/mol. The van der Waals surface area contributed by atoms with E-state index in [9.17, 15) is 15.3 Å². The van der Waals surface area contributed by atoms with Crippen molar-refractivity contribution < 1.29 is 19.7 Å². The Balaban J connectivity index is 1.52. The van der Waals surface area contributed by atoms with Crippen molar-refractivity contribution in [1.82, 2.24) is 0 Å². The molecule has 8 atom stereocenters. The highest BCUT2D eigenvalue weighted by molar-refractivity contribution is 5.27. The molecular formula is C23H34O4. The van der Waals surface area contributed by atoms with Crippen molar-refractivity contribution in [2.24, 2.45) is 28.6 Å². The third-order valence-electron chi connectivity index (χ3n) is 9.90. The van der Waals surface area contributed by atoms with Crippen molar-refractivity contribution in [2.75, 3.05) is 0 Å². The van der Waals surface area contributed by atoms with Gasteiger partial charge >= 0.3 is 0 Å². The van der Waals surface area contributed by atoms with Crippen LogP contribution in [0, 0.1) is 28.6 Å². The molecule has 1 aromatic heterocycles. The minimum atomic E-state index is -1.09. The van der Waals surface area contributed by atoms with Gasteiger partial charge in [0.05, 0.1) is 18.0 Å². The van der Waals surface area contributed by atoms with Gasteiger partial charge in [-0.1, -0.05) is 13.8 Å². The molecule has 0 amide bonds. The third-order valence-corrected chi connectivity index (χ3v) is 9.90. The van der Waals surface area contributed by atoms with E-state index in [-0.39, 0.29) is 17.4 Å². The predicted octanol–water partition coefficient (Wildman–Crippen LogP) is 3.99. The number of aliphatic hydroxyl groups excluding tert-OH is 1. The number of rotatable bonds is 1. The summed E-state index contributed by atoms with van der Waals surface area (Å²) in [6.07, 6.45) is 9.54. The zero-order valence-corrected chi connectivity index (χ0v) is 16.7. The van der Waals surface area contributed by atoms with Crippen LogP contribution in [-0.4, -0.2) is 27.0 Å². The largest absolute Gasteiger partial charge is 0.466 e. The van der Waals surface area contributed by atoms with Crippen molar-refractivity contribution in [3.63, 3.8) is 0 Å². The SMILES string of the molecule is C[C@]12CCC(O)CC1CC[C@@H]1[C@H]2CC[C@]2(C)C(O)(c3ccco3)CC[C@@]12O. The van der Waals surface area contributed by atoms with Crippen LogP contribution in [0.15, 0.2) is 22.8 Å². The molecule has 4 aliphatic rings. The van der Waals surface area contributed by atoms with Gasteiger partial charge in [-0.3, -0.25) is 0 Å². The van der Waals surface area contributed by atoms with Crippen LogP contribution < -0.4 is 0 Å². The van der Waals surface area contributed by atoms with E-state index in [0.29, 0.717) is 30.4 Å². The first-order chi connectivity index (χ1) is 12.7. The molecule has 1 aromatic rings. The molecule has 0 aromatic carbocycles. The lowest BCUT2D eigenvalue weighted by Crippen LogP contribution is -2.64. The van der Waals surface area contributed by atoms with Crippen LogP contribution in [0.3, 0.4) is 0 Å². The summed E-state index contributed by atoms with van der Waals surface area (Å²) in [5, 5.41) is 34.0. The van der Waals surface area contributed by atoms with Crippen LogP contribution in [-0.2, 0) is 5.60 Å². The van der Waals surface area contributed by atoms with Gasteiger partial charge in [-0.05, 0) is 93.1 Å². The Morgan fingerprint density at radius 2 is 1.78 bits per heavy atom. The number of aliphatic hydroxyl groups is 3. The van der Waals surface area contributed by atoms with Gasteiger partial charge in [0, 0.05) is 5.41 Å². The molecule has 3 unspecified atom stereocenters. The van der Waals surface area contributed by atoms with Crippen molar-refractivity contribution >= 4 is 0 Å². The van der Waals surface area contributed by atoms with E-state index >= 15 is 0 Å². The first-order valence-electron chi connectivity index (χ1n) is 10.9. The normalized spacial score (nSPS) is 54.9. The molecule has 0 radical (unpaired) electrons. The molecule has 4 aliphatic carbocycles. The maximum atomic E-state index is 12.1. The van der Waals surface area contributed by atoms with E-state index in [1.807, 2.05) is 12.1 Å². The van der Waals surface area contributed by atoms with Crippen molar-refractivity contribution in [2.45, 2.75) is 88.9 Å². The molecule has 0 bridgehead atoms. The van der Waals surface area contributed by atoms with Gasteiger partial charge in [-0.25, -0.2) is 0 Å². The van der Waals surface area contributed by atoms with Gasteiger partial charge in [-0.15, -0.1) is 0 Å². The van der Waals surface area contributed by atoms with E-state index < -0.39 is 16.6 Å². The Morgan fingerprint density at radius 1 is 0.963 bits per heavy atom. The summed E-state index contributed by atoms with van der Waals surface area (Å²) >= 11 is 0. The van der Waals surface area contributed by atoms with Crippen LogP contribution in [0.5, 0.6) is 0 Å². The molecule has 0 saturated heterocycles. The third kappa shape index (κ3) is 2.10. The molecule has 5 rings (SSSR count). The molecule has 1 heterocycles. The molecule has 3 N–H and O–H groups in total. The van der Waals surface area contributed by atoms with Gasteiger partial charge in [0.2, 0.25) is 0 Å². The minimum Gasteiger partial charge on any atom is -0.466 e. The van der Waals surface area contributed by atoms with Gasteiger partial charge in [0.1, 0.15) is 11.4 Å². The maximum absolute atomic E-state index is 12.1. The summed E-state index contributed by atoms with van der Waals surface area (Å²) in [5.41, 5.74) is -2.29. The Labute approximate surface area is 162 Å². The van der Waals surface area contributed by atoms with E-state index in [1.54, 1.807) is 6.26 Å². The smallest absolute Gasteiger partial charge is 0.136 e. The second-order valence-electron chi connectivity index (χ2n) is 10.6. The molecule has 0 spiro atoms. The Hall–Kier alpha value is -0.840. The van der Waals surface area contributed by atoms with Crippen LogP contribution in [0.25, 0.3) is 0 Å². The fourth-order valence-electron chi connectivity index (χ4n) is 8.13. The van der Waals surface area contributed by atoms with E-state index in [2.05, 4.69) is 13.8 Å². The summed E-state index contributed by atoms with van der Waals surface area (Å²) in [4.78, 5) is 0. The minimum absolute atomic E-state index is 0.146. The van der Waals surface area contributed by atoms with Crippen LogP contribution in [0.4, 0.5) is 0 Å². The molecule has 27 heavy (non-hydrogen) atoms. The number of hydrogen-bond donors (Lipinski definition) is 3. The Bertz CT molecular complexity index is 716. The fraction of sp³-hybridized carbons (Fsp3) is 0.826. The molecule has 4 fully saturated rings. The van der Waals surface area contributed by atoms with E-state index in [4.69, 9.17) is 4.42 Å². The summed E-state index contributed by atoms with van der Waals surface area (Å²) in [6, 6.07) is 3.70. The lowest BCUT2D eigenvalue weighted by atomic mass is 9.43. The highest BCUT2D eigenvalue weighted by atomic mass is 16.4. The van der Waals surface area contributed by atoms with Crippen LogP contribution >= 0.6 is 0 Å². The average Bonchev–Trinajstić information content (AvgIpc) is 3.24. The van der Waals surface area contributed by atoms with Gasteiger partial charge in [0.25, 0.3) is 0 Å². The van der Waals surface area contributed by atoms with Crippen LogP contribution in [0.2, 0.25) is 0 Å². The molecule has 0 aliphatic heterocycles. The second-order valence-corrected chi connectivity index (χ2v) is 10.6. The number of hydrogen-bond acceptors (Lipinski definition) is 4. The number of furan rings is 1. The predicted molar refractivity (Wildman–Crippen MR) is 102 cm³/mol. The van der Waals surface area contributed by atoms with Gasteiger partial charge < -0.3 is 19.7 Å².